The molecule has 0 radical (unpaired) electrons. The summed E-state index contributed by atoms with van der Waals surface area (Å²) < 4.78 is 45.4. The number of amides is 2. The van der Waals surface area contributed by atoms with Crippen molar-refractivity contribution < 1.29 is 22.7 Å². The second kappa shape index (κ2) is 7.55. The first-order valence-corrected chi connectivity index (χ1v) is 8.08. The lowest BCUT2D eigenvalue weighted by molar-refractivity contribution is 0.208. The van der Waals surface area contributed by atoms with Crippen molar-refractivity contribution in [1.29, 1.82) is 0 Å². The van der Waals surface area contributed by atoms with Gasteiger partial charge in [0.25, 0.3) is 0 Å². The first-order valence-electron chi connectivity index (χ1n) is 8.08. The van der Waals surface area contributed by atoms with Crippen LogP contribution < -0.4 is 15.0 Å². The summed E-state index contributed by atoms with van der Waals surface area (Å²) in [5.41, 5.74) is 0.629. The number of nitrogens with zero attached hydrogens (tertiary/aromatic N) is 2. The third-order valence-electron chi connectivity index (χ3n) is 4.26. The predicted molar refractivity (Wildman–Crippen MR) is 92.1 cm³/mol. The van der Waals surface area contributed by atoms with Gasteiger partial charge in [0.1, 0.15) is 5.75 Å². The quantitative estimate of drug-likeness (QED) is 0.848. The van der Waals surface area contributed by atoms with Gasteiger partial charge in [-0.15, -0.1) is 0 Å². The van der Waals surface area contributed by atoms with Gasteiger partial charge in [-0.2, -0.15) is 0 Å². The number of benzene rings is 2. The van der Waals surface area contributed by atoms with Crippen molar-refractivity contribution in [2.45, 2.75) is 0 Å². The Morgan fingerprint density at radius 1 is 0.962 bits per heavy atom. The van der Waals surface area contributed by atoms with Crippen LogP contribution in [0.1, 0.15) is 0 Å². The summed E-state index contributed by atoms with van der Waals surface area (Å²) in [6.07, 6.45) is 0. The van der Waals surface area contributed by atoms with Gasteiger partial charge in [-0.1, -0.05) is 0 Å². The molecule has 0 atom stereocenters. The van der Waals surface area contributed by atoms with Crippen molar-refractivity contribution >= 4 is 17.4 Å². The Morgan fingerprint density at radius 2 is 1.62 bits per heavy atom. The van der Waals surface area contributed by atoms with E-state index in [2.05, 4.69) is 5.32 Å². The van der Waals surface area contributed by atoms with Gasteiger partial charge in [0, 0.05) is 31.9 Å². The molecule has 1 aliphatic heterocycles. The number of ether oxygens (including phenoxy) is 1. The van der Waals surface area contributed by atoms with Crippen LogP contribution in [-0.2, 0) is 0 Å². The number of rotatable bonds is 3. The highest BCUT2D eigenvalue weighted by molar-refractivity contribution is 5.89. The van der Waals surface area contributed by atoms with Crippen LogP contribution in [0.4, 0.5) is 29.3 Å². The van der Waals surface area contributed by atoms with E-state index in [4.69, 9.17) is 4.74 Å². The van der Waals surface area contributed by atoms with Crippen molar-refractivity contribution in [2.75, 3.05) is 43.5 Å². The second-order valence-electron chi connectivity index (χ2n) is 5.83. The molecule has 1 N–H and O–H groups in total. The summed E-state index contributed by atoms with van der Waals surface area (Å²) in [6.45, 7) is 1.30. The number of hydrogen-bond donors (Lipinski definition) is 1. The van der Waals surface area contributed by atoms with Crippen molar-refractivity contribution in [1.82, 2.24) is 4.90 Å². The molecule has 2 aromatic rings. The summed E-state index contributed by atoms with van der Waals surface area (Å²) in [5, 5.41) is 2.77. The lowest BCUT2D eigenvalue weighted by Gasteiger charge is -2.36. The van der Waals surface area contributed by atoms with Crippen LogP contribution in [0.3, 0.4) is 0 Å². The van der Waals surface area contributed by atoms with Crippen LogP contribution in [0.5, 0.6) is 5.75 Å². The molecule has 1 heterocycles. The second-order valence-corrected chi connectivity index (χ2v) is 5.83. The van der Waals surface area contributed by atoms with E-state index in [1.54, 1.807) is 41.2 Å². The van der Waals surface area contributed by atoms with Crippen molar-refractivity contribution in [3.8, 4) is 5.75 Å². The third-order valence-corrected chi connectivity index (χ3v) is 4.26. The Morgan fingerprint density at radius 3 is 2.23 bits per heavy atom. The molecule has 0 unspecified atom stereocenters. The molecule has 2 amide bonds. The largest absolute Gasteiger partial charge is 0.497 e. The van der Waals surface area contributed by atoms with Gasteiger partial charge in [0.15, 0.2) is 17.5 Å². The summed E-state index contributed by atoms with van der Waals surface area (Å²) in [4.78, 5) is 15.5. The van der Waals surface area contributed by atoms with Crippen molar-refractivity contribution in [2.24, 2.45) is 0 Å². The van der Waals surface area contributed by atoms with Gasteiger partial charge < -0.3 is 19.9 Å². The maximum atomic E-state index is 13.9. The van der Waals surface area contributed by atoms with Gasteiger partial charge in [-0.25, -0.2) is 18.0 Å². The summed E-state index contributed by atoms with van der Waals surface area (Å²) in [6, 6.07) is 8.75. The highest BCUT2D eigenvalue weighted by atomic mass is 19.2. The molecule has 26 heavy (non-hydrogen) atoms. The van der Waals surface area contributed by atoms with Gasteiger partial charge in [0.2, 0.25) is 0 Å². The number of urea groups is 1. The number of halogens is 3. The maximum absolute atomic E-state index is 13.9. The molecule has 0 bridgehead atoms. The fraction of sp³-hybridized carbons (Fsp3) is 0.278. The van der Waals surface area contributed by atoms with Crippen LogP contribution in [-0.4, -0.2) is 44.2 Å². The molecule has 0 spiro atoms. The zero-order chi connectivity index (χ0) is 18.7. The molecule has 0 saturated carbocycles. The molecular weight excluding hydrogens is 347 g/mol. The van der Waals surface area contributed by atoms with Crippen molar-refractivity contribution in [3.05, 3.63) is 53.8 Å². The van der Waals surface area contributed by atoms with E-state index in [1.807, 2.05) is 0 Å². The summed E-state index contributed by atoms with van der Waals surface area (Å²) in [5.74, 6) is -3.22. The van der Waals surface area contributed by atoms with Gasteiger partial charge in [-0.05, 0) is 36.4 Å². The Balaban J connectivity index is 1.59. The number of nitrogens with one attached hydrogen (secondary N) is 1. The number of methoxy groups -OCH3 is 1. The molecule has 1 saturated heterocycles. The molecule has 0 aromatic heterocycles. The van der Waals surface area contributed by atoms with Crippen LogP contribution in [0.15, 0.2) is 36.4 Å². The van der Waals surface area contributed by atoms with Crippen LogP contribution in [0.2, 0.25) is 0 Å². The SMILES string of the molecule is COc1ccc(NC(=O)N2CCN(c3ccc(F)c(F)c3F)CC2)cc1. The molecule has 5 nitrogen and oxygen atoms in total. The van der Waals surface area contributed by atoms with Crippen LogP contribution >= 0.6 is 0 Å². The van der Waals surface area contributed by atoms with Crippen molar-refractivity contribution in [3.63, 3.8) is 0 Å². The van der Waals surface area contributed by atoms with Gasteiger partial charge in [-0.3, -0.25) is 0 Å². The first-order chi connectivity index (χ1) is 12.5. The average molecular weight is 365 g/mol. The Bertz CT molecular complexity index is 791. The fourth-order valence-electron chi connectivity index (χ4n) is 2.79. The minimum absolute atomic E-state index is 0.000822. The smallest absolute Gasteiger partial charge is 0.321 e. The van der Waals surface area contributed by atoms with E-state index in [-0.39, 0.29) is 11.7 Å². The Labute approximate surface area is 149 Å². The maximum Gasteiger partial charge on any atom is 0.321 e. The van der Waals surface area contributed by atoms with E-state index in [0.717, 1.165) is 6.07 Å². The number of hydrogen-bond acceptors (Lipinski definition) is 3. The zero-order valence-corrected chi connectivity index (χ0v) is 14.1. The minimum Gasteiger partial charge on any atom is -0.497 e. The topological polar surface area (TPSA) is 44.8 Å². The average Bonchev–Trinajstić information content (AvgIpc) is 2.67. The molecule has 1 aliphatic rings. The molecular formula is C18H18F3N3O2. The number of carbonyl (C=O) groups excluding carboxylic acids is 1. The Kier molecular flexibility index (Phi) is 5.20. The van der Waals surface area contributed by atoms with Gasteiger partial charge in [0.05, 0.1) is 12.8 Å². The zero-order valence-electron chi connectivity index (χ0n) is 14.1. The number of anilines is 2. The standard InChI is InChI=1S/C18H18F3N3O2/c1-26-13-4-2-12(3-5-13)22-18(25)24-10-8-23(9-11-24)15-7-6-14(19)16(20)17(15)21/h2-7H,8-11H2,1H3,(H,22,25). The van der Waals surface area contributed by atoms with E-state index in [1.165, 1.54) is 6.07 Å². The van der Waals surface area contributed by atoms with E-state index in [0.29, 0.717) is 37.6 Å². The first kappa shape index (κ1) is 17.9. The van der Waals surface area contributed by atoms with E-state index in [9.17, 15) is 18.0 Å². The molecule has 2 aromatic carbocycles. The van der Waals surface area contributed by atoms with Gasteiger partial charge >= 0.3 is 6.03 Å². The normalized spacial score (nSPS) is 14.3. The van der Waals surface area contributed by atoms with Crippen LogP contribution in [0.25, 0.3) is 0 Å². The molecule has 8 heteroatoms. The van der Waals surface area contributed by atoms with E-state index >= 15 is 0 Å². The molecule has 3 rings (SSSR count). The number of carbonyl (C=O) groups is 1. The lowest BCUT2D eigenvalue weighted by Crippen LogP contribution is -2.50. The minimum atomic E-state index is -1.48. The summed E-state index contributed by atoms with van der Waals surface area (Å²) >= 11 is 0. The lowest BCUT2D eigenvalue weighted by atomic mass is 10.2. The molecule has 0 aliphatic carbocycles. The number of piperazine rings is 1. The molecule has 138 valence electrons. The van der Waals surface area contributed by atoms with Crippen LogP contribution in [0, 0.1) is 17.5 Å². The highest BCUT2D eigenvalue weighted by Crippen LogP contribution is 2.25. The summed E-state index contributed by atoms with van der Waals surface area (Å²) in [7, 11) is 1.56. The van der Waals surface area contributed by atoms with E-state index < -0.39 is 17.5 Å². The monoisotopic (exact) mass is 365 g/mol. The Hall–Kier alpha value is -2.90. The highest BCUT2D eigenvalue weighted by Gasteiger charge is 2.25. The third kappa shape index (κ3) is 3.68. The molecule has 1 fully saturated rings. The predicted octanol–water partition coefficient (Wildman–Crippen LogP) is 3.47. The fourth-order valence-corrected chi connectivity index (χ4v) is 2.79.